The minimum absolute atomic E-state index is 0.114. The molecule has 3 atom stereocenters. The van der Waals surface area contributed by atoms with Crippen LogP contribution < -0.4 is 5.73 Å². The summed E-state index contributed by atoms with van der Waals surface area (Å²) in [5.41, 5.74) is 8.78. The summed E-state index contributed by atoms with van der Waals surface area (Å²) >= 11 is 1.84. The predicted molar refractivity (Wildman–Crippen MR) is 102 cm³/mol. The third-order valence-electron chi connectivity index (χ3n) is 3.99. The van der Waals surface area contributed by atoms with Gasteiger partial charge in [0, 0.05) is 49.5 Å². The normalized spacial score (nSPS) is 23.6. The number of hydrogen-bond donors (Lipinski definition) is 1. The lowest BCUT2D eigenvalue weighted by Gasteiger charge is -2.24. The van der Waals surface area contributed by atoms with Gasteiger partial charge in [0.15, 0.2) is 0 Å². The molecule has 2 N–H and O–H groups in total. The fourth-order valence-corrected chi connectivity index (χ4v) is 3.11. The van der Waals surface area contributed by atoms with Gasteiger partial charge in [-0.1, -0.05) is 13.0 Å². The lowest BCUT2D eigenvalue weighted by atomic mass is 9.84. The van der Waals surface area contributed by atoms with E-state index < -0.39 is 0 Å². The molecule has 0 aromatic carbocycles. The van der Waals surface area contributed by atoms with Crippen LogP contribution in [0.15, 0.2) is 26.6 Å². The summed E-state index contributed by atoms with van der Waals surface area (Å²) in [6, 6.07) is 0.114. The van der Waals surface area contributed by atoms with Gasteiger partial charge in [-0.05, 0) is 31.6 Å². The van der Waals surface area contributed by atoms with E-state index in [-0.39, 0.29) is 6.04 Å². The molecule has 0 fully saturated rings. The highest BCUT2D eigenvalue weighted by Crippen LogP contribution is 2.26. The van der Waals surface area contributed by atoms with Crippen LogP contribution in [-0.2, 0) is 0 Å². The van der Waals surface area contributed by atoms with Crippen LogP contribution in [0.4, 0.5) is 0 Å². The van der Waals surface area contributed by atoms with Gasteiger partial charge in [0.2, 0.25) is 0 Å². The average Bonchev–Trinajstić information content (AvgIpc) is 2.92. The SMILES string of the molecule is CCSCN=C(C)C(CC1C=NC/C1=C\CC=NC)C(C)N. The van der Waals surface area contributed by atoms with Gasteiger partial charge in [-0.2, -0.15) is 0 Å². The number of hydrogen-bond acceptors (Lipinski definition) is 5. The fraction of sp³-hybridized carbons (Fsp3) is 0.706. The lowest BCUT2D eigenvalue weighted by Crippen LogP contribution is -2.34. The van der Waals surface area contributed by atoms with Gasteiger partial charge in [-0.25, -0.2) is 0 Å². The maximum Gasteiger partial charge on any atom is 0.0843 e. The number of thioether (sulfide) groups is 1. The van der Waals surface area contributed by atoms with Crippen LogP contribution in [0.2, 0.25) is 0 Å². The topological polar surface area (TPSA) is 63.1 Å². The summed E-state index contributed by atoms with van der Waals surface area (Å²) < 4.78 is 0. The molecule has 4 nitrogen and oxygen atoms in total. The molecule has 0 saturated carbocycles. The zero-order valence-electron chi connectivity index (χ0n) is 14.3. The number of rotatable bonds is 9. The molecule has 1 rings (SSSR count). The Morgan fingerprint density at radius 2 is 2.36 bits per heavy atom. The number of aliphatic imine (C=N–C) groups is 3. The lowest BCUT2D eigenvalue weighted by molar-refractivity contribution is 0.497. The van der Waals surface area contributed by atoms with Crippen molar-refractivity contribution in [1.82, 2.24) is 0 Å². The molecule has 1 aliphatic rings. The maximum atomic E-state index is 6.21. The van der Waals surface area contributed by atoms with E-state index in [0.717, 1.165) is 31.0 Å². The average molecular weight is 323 g/mol. The van der Waals surface area contributed by atoms with Crippen molar-refractivity contribution in [3.8, 4) is 0 Å². The van der Waals surface area contributed by atoms with Gasteiger partial charge in [0.1, 0.15) is 0 Å². The van der Waals surface area contributed by atoms with Crippen LogP contribution in [0.3, 0.4) is 0 Å². The molecule has 0 spiro atoms. The number of nitrogens with zero attached hydrogens (tertiary/aromatic N) is 3. The molecule has 3 unspecified atom stereocenters. The van der Waals surface area contributed by atoms with Crippen molar-refractivity contribution in [2.24, 2.45) is 32.5 Å². The van der Waals surface area contributed by atoms with E-state index in [1.165, 1.54) is 11.3 Å². The summed E-state index contributed by atoms with van der Waals surface area (Å²) in [4.78, 5) is 13.2. The minimum atomic E-state index is 0.114. The van der Waals surface area contributed by atoms with E-state index in [9.17, 15) is 0 Å². The Balaban J connectivity index is 2.71. The van der Waals surface area contributed by atoms with Crippen LogP contribution >= 0.6 is 11.8 Å². The molecule has 0 amide bonds. The van der Waals surface area contributed by atoms with Crippen LogP contribution in [0.25, 0.3) is 0 Å². The first-order valence-corrected chi connectivity index (χ1v) is 9.19. The standard InChI is InChI=1S/C17H30N4S/c1-5-22-12-21-14(3)17(13(2)18)9-16-11-20-10-15(16)7-6-8-19-4/h7-8,11,13,16-17H,5-6,9-10,12,18H2,1-4H3/b15-7+,19-8?,21-14?. The van der Waals surface area contributed by atoms with Crippen molar-refractivity contribution in [3.63, 3.8) is 0 Å². The summed E-state index contributed by atoms with van der Waals surface area (Å²) in [7, 11) is 1.81. The maximum absolute atomic E-state index is 6.21. The predicted octanol–water partition coefficient (Wildman–Crippen LogP) is 3.23. The Morgan fingerprint density at radius 3 is 3.00 bits per heavy atom. The van der Waals surface area contributed by atoms with E-state index in [2.05, 4.69) is 43.0 Å². The second-order valence-electron chi connectivity index (χ2n) is 5.67. The minimum Gasteiger partial charge on any atom is -0.327 e. The molecule has 1 aliphatic heterocycles. The second-order valence-corrected chi connectivity index (χ2v) is 6.92. The zero-order chi connectivity index (χ0) is 16.4. The number of allylic oxidation sites excluding steroid dienone is 1. The largest absolute Gasteiger partial charge is 0.327 e. The van der Waals surface area contributed by atoms with Crippen molar-refractivity contribution in [2.75, 3.05) is 25.2 Å². The van der Waals surface area contributed by atoms with Crippen LogP contribution in [0.1, 0.15) is 33.6 Å². The van der Waals surface area contributed by atoms with E-state index in [1.807, 2.05) is 18.0 Å². The summed E-state index contributed by atoms with van der Waals surface area (Å²) in [6.45, 7) is 7.17. The van der Waals surface area contributed by atoms with Gasteiger partial charge in [-0.3, -0.25) is 9.98 Å². The molecular weight excluding hydrogens is 292 g/mol. The molecule has 22 heavy (non-hydrogen) atoms. The second kappa shape index (κ2) is 10.7. The Kier molecular flexibility index (Phi) is 9.32. The quantitative estimate of drug-likeness (QED) is 0.402. The van der Waals surface area contributed by atoms with Crippen molar-refractivity contribution in [1.29, 1.82) is 0 Å². The van der Waals surface area contributed by atoms with Crippen molar-refractivity contribution in [2.45, 2.75) is 39.7 Å². The van der Waals surface area contributed by atoms with Gasteiger partial charge >= 0.3 is 0 Å². The molecule has 0 radical (unpaired) electrons. The highest BCUT2D eigenvalue weighted by Gasteiger charge is 2.25. The van der Waals surface area contributed by atoms with Crippen molar-refractivity contribution < 1.29 is 0 Å². The number of nitrogens with two attached hydrogens (primary N) is 1. The van der Waals surface area contributed by atoms with Gasteiger partial charge < -0.3 is 10.7 Å². The first kappa shape index (κ1) is 19.1. The van der Waals surface area contributed by atoms with Gasteiger partial charge in [0.25, 0.3) is 0 Å². The molecule has 0 bridgehead atoms. The van der Waals surface area contributed by atoms with E-state index >= 15 is 0 Å². The smallest absolute Gasteiger partial charge is 0.0843 e. The summed E-state index contributed by atoms with van der Waals surface area (Å²) in [6.07, 6.45) is 8.15. The molecule has 0 aromatic heterocycles. The third kappa shape index (κ3) is 6.44. The molecule has 1 heterocycles. The van der Waals surface area contributed by atoms with Crippen LogP contribution in [-0.4, -0.2) is 49.4 Å². The van der Waals surface area contributed by atoms with Crippen LogP contribution in [0.5, 0.6) is 0 Å². The van der Waals surface area contributed by atoms with Crippen molar-refractivity contribution >= 4 is 29.9 Å². The van der Waals surface area contributed by atoms with Crippen molar-refractivity contribution in [3.05, 3.63) is 11.6 Å². The Hall–Kier alpha value is -0.940. The van der Waals surface area contributed by atoms with Crippen LogP contribution in [0, 0.1) is 11.8 Å². The Labute approximate surface area is 139 Å². The van der Waals surface area contributed by atoms with E-state index in [4.69, 9.17) is 10.7 Å². The van der Waals surface area contributed by atoms with E-state index in [0.29, 0.717) is 11.8 Å². The summed E-state index contributed by atoms with van der Waals surface area (Å²) in [5, 5.41) is 0. The Morgan fingerprint density at radius 1 is 1.59 bits per heavy atom. The molecule has 0 aliphatic carbocycles. The molecule has 5 heteroatoms. The van der Waals surface area contributed by atoms with E-state index in [1.54, 1.807) is 7.05 Å². The Bertz CT molecular complexity index is 438. The third-order valence-corrected chi connectivity index (χ3v) is 4.71. The fourth-order valence-electron chi connectivity index (χ4n) is 2.63. The zero-order valence-corrected chi connectivity index (χ0v) is 15.1. The van der Waals surface area contributed by atoms with Gasteiger partial charge in [-0.15, -0.1) is 11.8 Å². The van der Waals surface area contributed by atoms with Gasteiger partial charge in [0.05, 0.1) is 12.4 Å². The molecule has 124 valence electrons. The molecule has 0 saturated heterocycles. The first-order valence-electron chi connectivity index (χ1n) is 8.03. The highest BCUT2D eigenvalue weighted by atomic mass is 32.2. The monoisotopic (exact) mass is 322 g/mol. The first-order chi connectivity index (χ1) is 10.6. The summed E-state index contributed by atoms with van der Waals surface area (Å²) in [5.74, 6) is 2.64. The highest BCUT2D eigenvalue weighted by molar-refractivity contribution is 7.99. The molecular formula is C17H30N4S. The molecule has 0 aromatic rings.